The van der Waals surface area contributed by atoms with Crippen LogP contribution in [0.15, 0.2) is 30.3 Å². The maximum absolute atomic E-state index is 13.6. The quantitative estimate of drug-likeness (QED) is 0.940. The van der Waals surface area contributed by atoms with Crippen LogP contribution in [0.25, 0.3) is 0 Å². The van der Waals surface area contributed by atoms with Crippen LogP contribution in [0.4, 0.5) is 8.78 Å². The summed E-state index contributed by atoms with van der Waals surface area (Å²) in [4.78, 5) is 0. The fourth-order valence-electron chi connectivity index (χ4n) is 2.21. The Morgan fingerprint density at radius 2 is 2.00 bits per heavy atom. The Kier molecular flexibility index (Phi) is 3.69. The first-order chi connectivity index (χ1) is 10.0. The molecule has 2 aromatic carbocycles. The molecule has 1 N–H and O–H groups in total. The molecule has 3 rings (SSSR count). The van der Waals surface area contributed by atoms with Gasteiger partial charge in [0.25, 0.3) is 0 Å². The molecule has 0 fully saturated rings. The molecular formula is C15H11ClF2O3. The van der Waals surface area contributed by atoms with Gasteiger partial charge in [0.15, 0.2) is 11.5 Å². The van der Waals surface area contributed by atoms with Crippen molar-refractivity contribution in [2.24, 2.45) is 0 Å². The second-order valence-corrected chi connectivity index (χ2v) is 5.10. The number of rotatable bonds is 3. The first-order valence-corrected chi connectivity index (χ1v) is 6.63. The molecule has 21 heavy (non-hydrogen) atoms. The van der Waals surface area contributed by atoms with E-state index in [0.717, 1.165) is 18.2 Å². The van der Waals surface area contributed by atoms with Gasteiger partial charge in [-0.15, -0.1) is 0 Å². The summed E-state index contributed by atoms with van der Waals surface area (Å²) in [6, 6.07) is 6.23. The molecule has 6 heteroatoms. The van der Waals surface area contributed by atoms with Crippen molar-refractivity contribution >= 4 is 11.6 Å². The van der Waals surface area contributed by atoms with Crippen LogP contribution in [-0.2, 0) is 6.42 Å². The molecule has 0 saturated heterocycles. The monoisotopic (exact) mass is 312 g/mol. The predicted molar refractivity (Wildman–Crippen MR) is 72.6 cm³/mol. The normalized spacial score (nSPS) is 14.3. The highest BCUT2D eigenvalue weighted by molar-refractivity contribution is 6.32. The van der Waals surface area contributed by atoms with E-state index < -0.39 is 17.7 Å². The van der Waals surface area contributed by atoms with Crippen molar-refractivity contribution in [3.63, 3.8) is 0 Å². The summed E-state index contributed by atoms with van der Waals surface area (Å²) in [6.45, 7) is 0.0626. The van der Waals surface area contributed by atoms with Crippen molar-refractivity contribution in [1.29, 1.82) is 0 Å². The fraction of sp³-hybridized carbons (Fsp3) is 0.200. The third-order valence-corrected chi connectivity index (χ3v) is 3.54. The van der Waals surface area contributed by atoms with Gasteiger partial charge in [0.05, 0.1) is 11.1 Å². The van der Waals surface area contributed by atoms with E-state index in [0.29, 0.717) is 22.1 Å². The highest BCUT2D eigenvalue weighted by atomic mass is 35.5. The SMILES string of the molecule is OC(Cc1cc(F)ccc1F)c1cc(Cl)c2c(c1)OCO2. The van der Waals surface area contributed by atoms with Crippen molar-refractivity contribution < 1.29 is 23.4 Å². The number of hydrogen-bond acceptors (Lipinski definition) is 3. The Bertz CT molecular complexity index is 691. The Balaban J connectivity index is 1.87. The molecule has 0 amide bonds. The number of aliphatic hydroxyl groups excluding tert-OH is 1. The third kappa shape index (κ3) is 2.80. The summed E-state index contributed by atoms with van der Waals surface area (Å²) in [5.41, 5.74) is 0.546. The molecule has 1 unspecified atom stereocenters. The maximum Gasteiger partial charge on any atom is 0.231 e. The van der Waals surface area contributed by atoms with Crippen molar-refractivity contribution in [1.82, 2.24) is 0 Å². The topological polar surface area (TPSA) is 38.7 Å². The number of aliphatic hydroxyl groups is 1. The lowest BCUT2D eigenvalue weighted by Crippen LogP contribution is -2.04. The van der Waals surface area contributed by atoms with Gasteiger partial charge in [-0.3, -0.25) is 0 Å². The van der Waals surface area contributed by atoms with Gasteiger partial charge in [0.2, 0.25) is 6.79 Å². The van der Waals surface area contributed by atoms with Crippen LogP contribution in [0.2, 0.25) is 5.02 Å². The van der Waals surface area contributed by atoms with E-state index in [9.17, 15) is 13.9 Å². The largest absolute Gasteiger partial charge is 0.454 e. The summed E-state index contributed by atoms with van der Waals surface area (Å²) in [7, 11) is 0. The van der Waals surface area contributed by atoms with Crippen molar-refractivity contribution in [2.75, 3.05) is 6.79 Å². The number of hydrogen-bond donors (Lipinski definition) is 1. The van der Waals surface area contributed by atoms with Crippen molar-refractivity contribution in [3.8, 4) is 11.5 Å². The second kappa shape index (κ2) is 5.50. The minimum Gasteiger partial charge on any atom is -0.454 e. The van der Waals surface area contributed by atoms with Crippen LogP contribution in [0.3, 0.4) is 0 Å². The van der Waals surface area contributed by atoms with Crippen LogP contribution >= 0.6 is 11.6 Å². The maximum atomic E-state index is 13.6. The highest BCUT2D eigenvalue weighted by Gasteiger charge is 2.21. The van der Waals surface area contributed by atoms with Crippen LogP contribution in [-0.4, -0.2) is 11.9 Å². The molecular weight excluding hydrogens is 302 g/mol. The van der Waals surface area contributed by atoms with Crippen molar-refractivity contribution in [3.05, 3.63) is 58.1 Å². The van der Waals surface area contributed by atoms with Gasteiger partial charge in [-0.1, -0.05) is 11.6 Å². The number of benzene rings is 2. The zero-order chi connectivity index (χ0) is 15.0. The summed E-state index contributed by atoms with van der Waals surface area (Å²) in [6.07, 6.45) is -1.10. The van der Waals surface area contributed by atoms with Crippen LogP contribution < -0.4 is 9.47 Å². The second-order valence-electron chi connectivity index (χ2n) is 4.69. The molecule has 1 aliphatic heterocycles. The Morgan fingerprint density at radius 3 is 2.81 bits per heavy atom. The van der Waals surface area contributed by atoms with Gasteiger partial charge < -0.3 is 14.6 Å². The minimum absolute atomic E-state index is 0.0626. The molecule has 1 aliphatic rings. The minimum atomic E-state index is -1.03. The number of ether oxygens (including phenoxy) is 2. The van der Waals surface area contributed by atoms with Gasteiger partial charge in [0.1, 0.15) is 11.6 Å². The highest BCUT2D eigenvalue weighted by Crippen LogP contribution is 2.41. The zero-order valence-electron chi connectivity index (χ0n) is 10.8. The molecule has 0 saturated carbocycles. The molecule has 0 bridgehead atoms. The average Bonchev–Trinajstić information content (AvgIpc) is 2.91. The van der Waals surface area contributed by atoms with E-state index >= 15 is 0 Å². The first kappa shape index (κ1) is 14.1. The summed E-state index contributed by atoms with van der Waals surface area (Å²) < 4.78 is 37.1. The smallest absolute Gasteiger partial charge is 0.231 e. The average molecular weight is 313 g/mol. The van der Waals surface area contributed by atoms with Gasteiger partial charge in [-0.2, -0.15) is 0 Å². The fourth-order valence-corrected chi connectivity index (χ4v) is 2.48. The van der Waals surface area contributed by atoms with Gasteiger partial charge in [-0.25, -0.2) is 8.78 Å². The molecule has 0 aliphatic carbocycles. The zero-order valence-corrected chi connectivity index (χ0v) is 11.5. The standard InChI is InChI=1S/C15H11ClF2O3/c16-11-4-9(6-14-15(11)21-7-20-14)13(19)5-8-3-10(17)1-2-12(8)18/h1-4,6,13,19H,5,7H2. The molecule has 110 valence electrons. The van der Waals surface area contributed by atoms with E-state index in [-0.39, 0.29) is 18.8 Å². The lowest BCUT2D eigenvalue weighted by Gasteiger charge is -2.13. The van der Waals surface area contributed by atoms with Gasteiger partial charge >= 0.3 is 0 Å². The van der Waals surface area contributed by atoms with E-state index in [4.69, 9.17) is 21.1 Å². The Morgan fingerprint density at radius 1 is 1.19 bits per heavy atom. The molecule has 1 atom stereocenters. The molecule has 3 nitrogen and oxygen atoms in total. The molecule has 0 radical (unpaired) electrons. The molecule has 2 aromatic rings. The Labute approximate surface area is 124 Å². The first-order valence-electron chi connectivity index (χ1n) is 6.25. The Hall–Kier alpha value is -1.85. The van der Waals surface area contributed by atoms with Gasteiger partial charge in [-0.05, 0) is 41.5 Å². The number of fused-ring (bicyclic) bond motifs is 1. The molecule has 1 heterocycles. The predicted octanol–water partition coefficient (Wildman–Crippen LogP) is 3.62. The van der Waals surface area contributed by atoms with E-state index in [1.165, 1.54) is 6.07 Å². The summed E-state index contributed by atoms with van der Waals surface area (Å²) >= 11 is 6.03. The lowest BCUT2D eigenvalue weighted by atomic mass is 10.0. The summed E-state index contributed by atoms with van der Waals surface area (Å²) in [5.74, 6) is -0.273. The van der Waals surface area contributed by atoms with Crippen molar-refractivity contribution in [2.45, 2.75) is 12.5 Å². The van der Waals surface area contributed by atoms with E-state index in [1.807, 2.05) is 0 Å². The summed E-state index contributed by atoms with van der Waals surface area (Å²) in [5, 5.41) is 10.5. The molecule has 0 aromatic heterocycles. The third-order valence-electron chi connectivity index (χ3n) is 3.26. The van der Waals surface area contributed by atoms with Gasteiger partial charge in [0, 0.05) is 6.42 Å². The van der Waals surface area contributed by atoms with Crippen LogP contribution in [0.5, 0.6) is 11.5 Å². The molecule has 0 spiro atoms. The van der Waals surface area contributed by atoms with E-state index in [2.05, 4.69) is 0 Å². The van der Waals surface area contributed by atoms with E-state index in [1.54, 1.807) is 6.07 Å². The number of halogens is 3. The van der Waals surface area contributed by atoms with Crippen LogP contribution in [0.1, 0.15) is 17.2 Å². The van der Waals surface area contributed by atoms with Crippen LogP contribution in [0, 0.1) is 11.6 Å². The lowest BCUT2D eigenvalue weighted by molar-refractivity contribution is 0.171.